The standard InChI is InChI=1S/C13H11N3O3/c1-2-9-19-13(18)8-7-12(17)16-11-6-4-3-5-10(11)14-15-16/h1,3-6H,7-9H2. The number of nitrogens with zero attached hydrogens (tertiary/aromatic N) is 3. The van der Waals surface area contributed by atoms with Gasteiger partial charge in [-0.2, -0.15) is 4.68 Å². The van der Waals surface area contributed by atoms with Crippen molar-refractivity contribution in [2.45, 2.75) is 12.8 Å². The monoisotopic (exact) mass is 257 g/mol. The summed E-state index contributed by atoms with van der Waals surface area (Å²) in [7, 11) is 0. The first-order valence-corrected chi connectivity index (χ1v) is 5.65. The van der Waals surface area contributed by atoms with Gasteiger partial charge in [0.25, 0.3) is 0 Å². The molecule has 2 aromatic rings. The molecule has 0 bridgehead atoms. The fraction of sp³-hybridized carbons (Fsp3) is 0.231. The number of carbonyl (C=O) groups is 2. The molecule has 0 unspecified atom stereocenters. The Hall–Kier alpha value is -2.68. The Labute approximate surface area is 109 Å². The van der Waals surface area contributed by atoms with Crippen molar-refractivity contribution in [1.29, 1.82) is 0 Å². The molecule has 0 N–H and O–H groups in total. The van der Waals surface area contributed by atoms with Gasteiger partial charge in [-0.3, -0.25) is 9.59 Å². The molecule has 0 aliphatic heterocycles. The van der Waals surface area contributed by atoms with Crippen molar-refractivity contribution < 1.29 is 14.3 Å². The van der Waals surface area contributed by atoms with Crippen LogP contribution in [0.4, 0.5) is 0 Å². The predicted octanol–water partition coefficient (Wildman–Crippen LogP) is 1.03. The van der Waals surface area contributed by atoms with Crippen molar-refractivity contribution >= 4 is 22.9 Å². The minimum absolute atomic E-state index is 0.00322. The van der Waals surface area contributed by atoms with E-state index in [1.807, 2.05) is 6.07 Å². The third kappa shape index (κ3) is 2.96. The molecule has 2 rings (SSSR count). The van der Waals surface area contributed by atoms with Crippen LogP contribution >= 0.6 is 0 Å². The molecule has 0 saturated heterocycles. The molecule has 0 spiro atoms. The number of fused-ring (bicyclic) bond motifs is 1. The number of benzene rings is 1. The average molecular weight is 257 g/mol. The van der Waals surface area contributed by atoms with Crippen LogP contribution < -0.4 is 0 Å². The van der Waals surface area contributed by atoms with Gasteiger partial charge in [-0.1, -0.05) is 23.3 Å². The third-order valence-corrected chi connectivity index (χ3v) is 2.45. The van der Waals surface area contributed by atoms with E-state index in [0.29, 0.717) is 11.0 Å². The average Bonchev–Trinajstić information content (AvgIpc) is 2.86. The number of aromatic nitrogens is 3. The second kappa shape index (κ2) is 5.78. The van der Waals surface area contributed by atoms with Gasteiger partial charge in [0, 0.05) is 6.42 Å². The summed E-state index contributed by atoms with van der Waals surface area (Å²) in [5, 5.41) is 7.63. The fourth-order valence-electron chi connectivity index (χ4n) is 1.56. The summed E-state index contributed by atoms with van der Waals surface area (Å²) >= 11 is 0. The lowest BCUT2D eigenvalue weighted by Crippen LogP contribution is -2.15. The van der Waals surface area contributed by atoms with E-state index in [1.165, 1.54) is 4.68 Å². The second-order valence-corrected chi connectivity index (χ2v) is 3.75. The normalized spacial score (nSPS) is 10.1. The van der Waals surface area contributed by atoms with Crippen LogP contribution in [0.1, 0.15) is 17.6 Å². The van der Waals surface area contributed by atoms with Crippen molar-refractivity contribution in [3.63, 3.8) is 0 Å². The molecule has 6 heteroatoms. The van der Waals surface area contributed by atoms with Crippen LogP contribution in [0, 0.1) is 12.3 Å². The van der Waals surface area contributed by atoms with E-state index in [1.54, 1.807) is 18.2 Å². The number of ether oxygens (including phenoxy) is 1. The lowest BCUT2D eigenvalue weighted by Gasteiger charge is -2.01. The molecule has 1 heterocycles. The predicted molar refractivity (Wildman–Crippen MR) is 67.2 cm³/mol. The number of terminal acetylenes is 1. The van der Waals surface area contributed by atoms with Gasteiger partial charge >= 0.3 is 5.97 Å². The van der Waals surface area contributed by atoms with Gasteiger partial charge in [-0.05, 0) is 12.1 Å². The molecule has 0 fully saturated rings. The Balaban J connectivity index is 2.01. The summed E-state index contributed by atoms with van der Waals surface area (Å²) in [5.41, 5.74) is 1.25. The molecule has 0 atom stereocenters. The smallest absolute Gasteiger partial charge is 0.307 e. The van der Waals surface area contributed by atoms with Gasteiger partial charge in [0.1, 0.15) is 5.52 Å². The molecule has 1 aromatic carbocycles. The SMILES string of the molecule is C#CCOC(=O)CCC(=O)n1nnc2ccccc21. The topological polar surface area (TPSA) is 74.1 Å². The van der Waals surface area contributed by atoms with Crippen LogP contribution in [-0.2, 0) is 9.53 Å². The number of hydrogen-bond acceptors (Lipinski definition) is 5. The highest BCUT2D eigenvalue weighted by atomic mass is 16.5. The number of carbonyl (C=O) groups excluding carboxylic acids is 2. The van der Waals surface area contributed by atoms with Crippen molar-refractivity contribution in [1.82, 2.24) is 15.0 Å². The molecule has 6 nitrogen and oxygen atoms in total. The highest BCUT2D eigenvalue weighted by Crippen LogP contribution is 2.10. The van der Waals surface area contributed by atoms with Gasteiger partial charge < -0.3 is 4.74 Å². The maximum absolute atomic E-state index is 11.9. The minimum Gasteiger partial charge on any atom is -0.452 e. The maximum atomic E-state index is 11.9. The van der Waals surface area contributed by atoms with Crippen LogP contribution in [0.2, 0.25) is 0 Å². The number of rotatable bonds is 4. The molecule has 19 heavy (non-hydrogen) atoms. The van der Waals surface area contributed by atoms with Gasteiger partial charge in [0.05, 0.1) is 11.9 Å². The summed E-state index contributed by atoms with van der Waals surface area (Å²) in [6, 6.07) is 7.09. The first-order valence-electron chi connectivity index (χ1n) is 5.65. The summed E-state index contributed by atoms with van der Waals surface area (Å²) < 4.78 is 5.86. The van der Waals surface area contributed by atoms with Gasteiger partial charge in [0.2, 0.25) is 5.91 Å². The van der Waals surface area contributed by atoms with Crippen molar-refractivity contribution in [2.75, 3.05) is 6.61 Å². The molecule has 96 valence electrons. The third-order valence-electron chi connectivity index (χ3n) is 2.45. The van der Waals surface area contributed by atoms with Crippen LogP contribution in [0.15, 0.2) is 24.3 Å². The van der Waals surface area contributed by atoms with E-state index in [0.717, 1.165) is 0 Å². The molecule has 1 aromatic heterocycles. The molecular weight excluding hydrogens is 246 g/mol. The van der Waals surface area contributed by atoms with Gasteiger partial charge in [0.15, 0.2) is 6.61 Å². The number of hydrogen-bond donors (Lipinski definition) is 0. The lowest BCUT2D eigenvalue weighted by atomic mass is 10.3. The Morgan fingerprint density at radius 1 is 1.32 bits per heavy atom. The summed E-state index contributed by atoms with van der Waals surface area (Å²) in [5.74, 6) is 1.36. The van der Waals surface area contributed by atoms with Crippen molar-refractivity contribution in [2.24, 2.45) is 0 Å². The Morgan fingerprint density at radius 3 is 2.89 bits per heavy atom. The van der Waals surface area contributed by atoms with E-state index in [4.69, 9.17) is 6.42 Å². The van der Waals surface area contributed by atoms with Crippen molar-refractivity contribution in [3.8, 4) is 12.3 Å². The maximum Gasteiger partial charge on any atom is 0.307 e. The van der Waals surface area contributed by atoms with Crippen LogP contribution in [0.25, 0.3) is 11.0 Å². The highest BCUT2D eigenvalue weighted by molar-refractivity contribution is 5.90. The Kier molecular flexibility index (Phi) is 3.88. The Morgan fingerprint density at radius 2 is 2.11 bits per heavy atom. The van der Waals surface area contributed by atoms with E-state index >= 15 is 0 Å². The summed E-state index contributed by atoms with van der Waals surface area (Å²) in [6.45, 7) is -0.0840. The number of esters is 1. The minimum atomic E-state index is -0.504. The van der Waals surface area contributed by atoms with E-state index in [9.17, 15) is 9.59 Å². The van der Waals surface area contributed by atoms with Gasteiger partial charge in [-0.15, -0.1) is 11.5 Å². The zero-order valence-electron chi connectivity index (χ0n) is 10.1. The van der Waals surface area contributed by atoms with Crippen molar-refractivity contribution in [3.05, 3.63) is 24.3 Å². The molecular formula is C13H11N3O3. The first kappa shape index (κ1) is 12.8. The van der Waals surface area contributed by atoms with E-state index in [2.05, 4.69) is 21.0 Å². The quantitative estimate of drug-likeness (QED) is 0.604. The van der Waals surface area contributed by atoms with Gasteiger partial charge in [-0.25, -0.2) is 0 Å². The summed E-state index contributed by atoms with van der Waals surface area (Å²) in [4.78, 5) is 23.1. The summed E-state index contributed by atoms with van der Waals surface area (Å²) in [6.07, 6.45) is 4.92. The second-order valence-electron chi connectivity index (χ2n) is 3.75. The zero-order chi connectivity index (χ0) is 13.7. The van der Waals surface area contributed by atoms with Crippen LogP contribution in [0.3, 0.4) is 0 Å². The molecule has 0 radical (unpaired) electrons. The van der Waals surface area contributed by atoms with Crippen LogP contribution in [0.5, 0.6) is 0 Å². The zero-order valence-corrected chi connectivity index (χ0v) is 10.1. The fourth-order valence-corrected chi connectivity index (χ4v) is 1.56. The highest BCUT2D eigenvalue weighted by Gasteiger charge is 2.13. The molecule has 0 saturated carbocycles. The lowest BCUT2D eigenvalue weighted by molar-refractivity contribution is -0.142. The number of para-hydroxylation sites is 1. The first-order chi connectivity index (χ1) is 9.22. The molecule has 0 amide bonds. The molecule has 0 aliphatic carbocycles. The van der Waals surface area contributed by atoms with E-state index in [-0.39, 0.29) is 25.4 Å². The molecule has 0 aliphatic rings. The Bertz CT molecular complexity index is 654. The van der Waals surface area contributed by atoms with Crippen LogP contribution in [-0.4, -0.2) is 33.5 Å². The van der Waals surface area contributed by atoms with E-state index < -0.39 is 5.97 Å². The largest absolute Gasteiger partial charge is 0.452 e.